The summed E-state index contributed by atoms with van der Waals surface area (Å²) < 4.78 is 6.04. The zero-order chi connectivity index (χ0) is 16.6. The van der Waals surface area contributed by atoms with Gasteiger partial charge in [-0.15, -0.1) is 0 Å². The van der Waals surface area contributed by atoms with Crippen LogP contribution in [0.5, 0.6) is 0 Å². The number of amides is 1. The van der Waals surface area contributed by atoms with Crippen LogP contribution in [0.1, 0.15) is 49.0 Å². The first-order valence-corrected chi connectivity index (χ1v) is 8.59. The second-order valence-corrected chi connectivity index (χ2v) is 6.87. The predicted octanol–water partition coefficient (Wildman–Crippen LogP) is 2.14. The third-order valence-corrected chi connectivity index (χ3v) is 5.16. The number of H-pyrrole nitrogens is 1. The van der Waals surface area contributed by atoms with Gasteiger partial charge in [0.15, 0.2) is 0 Å². The third kappa shape index (κ3) is 2.82. The van der Waals surface area contributed by atoms with Crippen LogP contribution in [0.2, 0.25) is 0 Å². The highest BCUT2D eigenvalue weighted by molar-refractivity contribution is 6.04. The smallest absolute Gasteiger partial charge is 0.346 e. The van der Waals surface area contributed by atoms with Crippen LogP contribution >= 0.6 is 0 Å². The van der Waals surface area contributed by atoms with Gasteiger partial charge in [-0.05, 0) is 25.3 Å². The molecule has 1 saturated heterocycles. The fourth-order valence-electron chi connectivity index (χ4n) is 4.01. The van der Waals surface area contributed by atoms with Gasteiger partial charge in [0.25, 0.3) is 5.91 Å². The Labute approximate surface area is 139 Å². The SMILES string of the molecule is O=C(NC1COC2(CCCCC2)C1)c1nc(=O)[nH]c2ccccc12. The fourth-order valence-corrected chi connectivity index (χ4v) is 4.01. The van der Waals surface area contributed by atoms with Crippen molar-refractivity contribution in [2.75, 3.05) is 6.61 Å². The van der Waals surface area contributed by atoms with Crippen LogP contribution < -0.4 is 11.0 Å². The van der Waals surface area contributed by atoms with E-state index in [2.05, 4.69) is 15.3 Å². The third-order valence-electron chi connectivity index (χ3n) is 5.16. The van der Waals surface area contributed by atoms with Crippen molar-refractivity contribution in [2.45, 2.75) is 50.2 Å². The molecular formula is C18H21N3O3. The van der Waals surface area contributed by atoms with Crippen molar-refractivity contribution in [2.24, 2.45) is 0 Å². The van der Waals surface area contributed by atoms with Crippen LogP contribution in [0, 0.1) is 0 Å². The molecule has 1 unspecified atom stereocenters. The lowest BCUT2D eigenvalue weighted by molar-refractivity contribution is -0.0246. The van der Waals surface area contributed by atoms with Crippen molar-refractivity contribution in [3.05, 3.63) is 40.4 Å². The van der Waals surface area contributed by atoms with Crippen molar-refractivity contribution >= 4 is 16.8 Å². The molecule has 1 aromatic heterocycles. The minimum Gasteiger partial charge on any atom is -0.373 e. The van der Waals surface area contributed by atoms with E-state index in [1.165, 1.54) is 19.3 Å². The Morgan fingerprint density at radius 2 is 2.04 bits per heavy atom. The zero-order valence-corrected chi connectivity index (χ0v) is 13.5. The number of hydrogen-bond acceptors (Lipinski definition) is 4. The predicted molar refractivity (Wildman–Crippen MR) is 90.0 cm³/mol. The zero-order valence-electron chi connectivity index (χ0n) is 13.5. The molecule has 2 N–H and O–H groups in total. The minimum absolute atomic E-state index is 0.0181. The van der Waals surface area contributed by atoms with E-state index in [1.54, 1.807) is 12.1 Å². The summed E-state index contributed by atoms with van der Waals surface area (Å²) in [5, 5.41) is 3.66. The largest absolute Gasteiger partial charge is 0.373 e. The Morgan fingerprint density at radius 1 is 1.25 bits per heavy atom. The molecule has 2 fully saturated rings. The summed E-state index contributed by atoms with van der Waals surface area (Å²) in [5.41, 5.74) is 0.234. The number of aromatic amines is 1. The molecule has 1 saturated carbocycles. The second kappa shape index (κ2) is 6.02. The first-order valence-electron chi connectivity index (χ1n) is 8.59. The van der Waals surface area contributed by atoms with Crippen molar-refractivity contribution in [1.82, 2.24) is 15.3 Å². The summed E-state index contributed by atoms with van der Waals surface area (Å²) in [4.78, 5) is 30.9. The number of benzene rings is 1. The number of rotatable bonds is 2. The second-order valence-electron chi connectivity index (χ2n) is 6.87. The van der Waals surface area contributed by atoms with Gasteiger partial charge < -0.3 is 15.0 Å². The lowest BCUT2D eigenvalue weighted by atomic mass is 9.82. The van der Waals surface area contributed by atoms with E-state index in [1.807, 2.05) is 12.1 Å². The van der Waals surface area contributed by atoms with Crippen LogP contribution in [0.3, 0.4) is 0 Å². The molecule has 6 nitrogen and oxygen atoms in total. The maximum atomic E-state index is 12.7. The Morgan fingerprint density at radius 3 is 2.88 bits per heavy atom. The van der Waals surface area contributed by atoms with E-state index in [0.29, 0.717) is 17.5 Å². The minimum atomic E-state index is -0.509. The van der Waals surface area contributed by atoms with Gasteiger partial charge in [0.05, 0.1) is 23.8 Å². The van der Waals surface area contributed by atoms with Gasteiger partial charge in [0.2, 0.25) is 0 Å². The molecule has 1 atom stereocenters. The number of aromatic nitrogens is 2. The molecule has 0 radical (unpaired) electrons. The molecule has 0 bridgehead atoms. The van der Waals surface area contributed by atoms with Crippen LogP contribution in [-0.4, -0.2) is 34.1 Å². The van der Waals surface area contributed by atoms with E-state index < -0.39 is 5.69 Å². The van der Waals surface area contributed by atoms with Gasteiger partial charge in [0, 0.05) is 5.39 Å². The Hall–Kier alpha value is -2.21. The molecule has 2 aliphatic rings. The Kier molecular flexibility index (Phi) is 3.84. The van der Waals surface area contributed by atoms with E-state index >= 15 is 0 Å². The van der Waals surface area contributed by atoms with E-state index in [4.69, 9.17) is 4.74 Å². The first kappa shape index (κ1) is 15.3. The fraction of sp³-hybridized carbons (Fsp3) is 0.500. The highest BCUT2D eigenvalue weighted by Gasteiger charge is 2.41. The monoisotopic (exact) mass is 327 g/mol. The highest BCUT2D eigenvalue weighted by atomic mass is 16.5. The molecule has 6 heteroatoms. The number of carbonyl (C=O) groups excluding carboxylic acids is 1. The lowest BCUT2D eigenvalue weighted by Crippen LogP contribution is -2.38. The quantitative estimate of drug-likeness (QED) is 0.885. The van der Waals surface area contributed by atoms with E-state index in [9.17, 15) is 9.59 Å². The number of para-hydroxylation sites is 1. The number of nitrogens with one attached hydrogen (secondary N) is 2. The van der Waals surface area contributed by atoms with Crippen LogP contribution in [0.4, 0.5) is 0 Å². The summed E-state index contributed by atoms with van der Waals surface area (Å²) in [6.45, 7) is 0.535. The van der Waals surface area contributed by atoms with Gasteiger partial charge in [0.1, 0.15) is 5.69 Å². The molecule has 2 heterocycles. The highest BCUT2D eigenvalue weighted by Crippen LogP contribution is 2.39. The Bertz CT molecular complexity index is 824. The molecule has 1 amide bonds. The van der Waals surface area contributed by atoms with Gasteiger partial charge in [-0.1, -0.05) is 37.5 Å². The molecule has 4 rings (SSSR count). The van der Waals surface area contributed by atoms with Crippen molar-refractivity contribution < 1.29 is 9.53 Å². The molecule has 1 aliphatic carbocycles. The Balaban J connectivity index is 1.54. The van der Waals surface area contributed by atoms with E-state index in [0.717, 1.165) is 19.3 Å². The number of fused-ring (bicyclic) bond motifs is 1. The number of hydrogen-bond donors (Lipinski definition) is 2. The van der Waals surface area contributed by atoms with Crippen LogP contribution in [0.15, 0.2) is 29.1 Å². The summed E-state index contributed by atoms with van der Waals surface area (Å²) in [7, 11) is 0. The summed E-state index contributed by atoms with van der Waals surface area (Å²) in [6, 6.07) is 7.19. The number of ether oxygens (including phenoxy) is 1. The topological polar surface area (TPSA) is 84.1 Å². The summed E-state index contributed by atoms with van der Waals surface area (Å²) in [5.74, 6) is -0.307. The standard InChI is InChI=1S/C18H21N3O3/c22-16(15-13-6-2-3-7-14(13)20-17(23)21-15)19-12-10-18(24-11-12)8-4-1-5-9-18/h2-3,6-7,12H,1,4-5,8-11H2,(H,19,22)(H,20,21,23). The van der Waals surface area contributed by atoms with Gasteiger partial charge in [-0.25, -0.2) is 4.79 Å². The molecule has 24 heavy (non-hydrogen) atoms. The van der Waals surface area contributed by atoms with E-state index in [-0.39, 0.29) is 23.2 Å². The number of nitrogens with zero attached hydrogens (tertiary/aromatic N) is 1. The molecule has 1 spiro atoms. The molecule has 126 valence electrons. The normalized spacial score (nSPS) is 22.8. The summed E-state index contributed by atoms with van der Waals surface area (Å²) >= 11 is 0. The molecule has 1 aliphatic heterocycles. The van der Waals surface area contributed by atoms with Gasteiger partial charge in [-0.3, -0.25) is 4.79 Å². The first-order chi connectivity index (χ1) is 11.7. The van der Waals surface area contributed by atoms with Crippen LogP contribution in [-0.2, 0) is 4.74 Å². The number of carbonyl (C=O) groups is 1. The average molecular weight is 327 g/mol. The van der Waals surface area contributed by atoms with Crippen molar-refractivity contribution in [3.63, 3.8) is 0 Å². The summed E-state index contributed by atoms with van der Waals surface area (Å²) in [6.07, 6.45) is 6.66. The lowest BCUT2D eigenvalue weighted by Gasteiger charge is -2.32. The molecule has 1 aromatic carbocycles. The molecular weight excluding hydrogens is 306 g/mol. The molecule has 2 aromatic rings. The maximum absolute atomic E-state index is 12.7. The van der Waals surface area contributed by atoms with Gasteiger partial charge in [-0.2, -0.15) is 4.98 Å². The average Bonchev–Trinajstić information content (AvgIpc) is 2.96. The maximum Gasteiger partial charge on any atom is 0.346 e. The van der Waals surface area contributed by atoms with Crippen LogP contribution in [0.25, 0.3) is 10.9 Å². The van der Waals surface area contributed by atoms with Gasteiger partial charge >= 0.3 is 5.69 Å². The van der Waals surface area contributed by atoms with Crippen molar-refractivity contribution in [1.29, 1.82) is 0 Å². The van der Waals surface area contributed by atoms with Crippen molar-refractivity contribution in [3.8, 4) is 0 Å².